The normalized spacial score (nSPS) is 31.9. The fraction of sp³-hybridized carbons (Fsp3) is 0.500. The standard InChI is InChI=1S/C14H15IO/c15-12-5-3-10(4-6-12)14(16)13-8-9-1-2-11(13)7-9/h3-6,9,11,13H,1-2,7-8H2. The van der Waals surface area contributed by atoms with Crippen molar-refractivity contribution in [1.29, 1.82) is 0 Å². The lowest BCUT2D eigenvalue weighted by Gasteiger charge is -2.20. The summed E-state index contributed by atoms with van der Waals surface area (Å²) in [7, 11) is 0. The van der Waals surface area contributed by atoms with Crippen LogP contribution in [0.15, 0.2) is 24.3 Å². The van der Waals surface area contributed by atoms with Gasteiger partial charge in [0.1, 0.15) is 0 Å². The largest absolute Gasteiger partial charge is 0.294 e. The number of fused-ring (bicyclic) bond motifs is 2. The molecule has 16 heavy (non-hydrogen) atoms. The highest BCUT2D eigenvalue weighted by molar-refractivity contribution is 14.1. The van der Waals surface area contributed by atoms with E-state index in [-0.39, 0.29) is 0 Å². The number of carbonyl (C=O) groups is 1. The summed E-state index contributed by atoms with van der Waals surface area (Å²) in [4.78, 5) is 12.3. The number of benzene rings is 1. The first-order valence-electron chi connectivity index (χ1n) is 6.04. The number of hydrogen-bond donors (Lipinski definition) is 0. The van der Waals surface area contributed by atoms with E-state index in [1.54, 1.807) is 0 Å². The Balaban J connectivity index is 1.80. The molecule has 0 saturated heterocycles. The zero-order valence-corrected chi connectivity index (χ0v) is 11.3. The maximum atomic E-state index is 12.3. The molecule has 2 heteroatoms. The number of ketones is 1. The Morgan fingerprint density at radius 1 is 1.12 bits per heavy atom. The van der Waals surface area contributed by atoms with E-state index in [1.165, 1.54) is 22.8 Å². The second-order valence-electron chi connectivity index (χ2n) is 5.15. The Hall–Kier alpha value is -0.380. The third kappa shape index (κ3) is 1.81. The van der Waals surface area contributed by atoms with E-state index in [1.807, 2.05) is 24.3 Å². The highest BCUT2D eigenvalue weighted by atomic mass is 127. The van der Waals surface area contributed by atoms with Crippen LogP contribution in [0, 0.1) is 21.3 Å². The van der Waals surface area contributed by atoms with Gasteiger partial charge in [0, 0.05) is 15.1 Å². The van der Waals surface area contributed by atoms with Gasteiger partial charge in [-0.1, -0.05) is 18.6 Å². The number of Topliss-reactive ketones (excluding diaryl/α,β-unsaturated/α-hetero) is 1. The third-order valence-corrected chi connectivity index (χ3v) is 4.92. The summed E-state index contributed by atoms with van der Waals surface area (Å²) in [5.74, 6) is 2.27. The van der Waals surface area contributed by atoms with Crippen LogP contribution in [0.5, 0.6) is 0 Å². The molecule has 0 N–H and O–H groups in total. The van der Waals surface area contributed by atoms with Gasteiger partial charge in [-0.2, -0.15) is 0 Å². The van der Waals surface area contributed by atoms with Crippen LogP contribution in [0.25, 0.3) is 0 Å². The van der Waals surface area contributed by atoms with Gasteiger partial charge in [-0.05, 0) is 65.8 Å². The highest BCUT2D eigenvalue weighted by Gasteiger charge is 2.42. The topological polar surface area (TPSA) is 17.1 Å². The van der Waals surface area contributed by atoms with Gasteiger partial charge in [-0.3, -0.25) is 4.79 Å². The van der Waals surface area contributed by atoms with Gasteiger partial charge in [0.05, 0.1) is 0 Å². The molecule has 0 heterocycles. The molecule has 3 atom stereocenters. The monoisotopic (exact) mass is 326 g/mol. The second kappa shape index (κ2) is 4.13. The molecule has 1 nitrogen and oxygen atoms in total. The first kappa shape index (κ1) is 10.8. The van der Waals surface area contributed by atoms with Gasteiger partial charge in [0.15, 0.2) is 5.78 Å². The molecule has 2 bridgehead atoms. The van der Waals surface area contributed by atoms with Gasteiger partial charge >= 0.3 is 0 Å². The maximum absolute atomic E-state index is 12.3. The lowest BCUT2D eigenvalue weighted by atomic mass is 9.83. The van der Waals surface area contributed by atoms with Gasteiger partial charge < -0.3 is 0 Å². The molecule has 0 radical (unpaired) electrons. The van der Waals surface area contributed by atoms with Crippen molar-refractivity contribution in [3.63, 3.8) is 0 Å². The molecular formula is C14H15IO. The number of hydrogen-bond acceptors (Lipinski definition) is 1. The highest BCUT2D eigenvalue weighted by Crippen LogP contribution is 2.49. The molecule has 2 aliphatic rings. The molecule has 2 fully saturated rings. The van der Waals surface area contributed by atoms with Crippen LogP contribution in [-0.4, -0.2) is 5.78 Å². The third-order valence-electron chi connectivity index (χ3n) is 4.20. The molecule has 1 aromatic carbocycles. The van der Waals surface area contributed by atoms with E-state index in [9.17, 15) is 4.79 Å². The van der Waals surface area contributed by atoms with E-state index >= 15 is 0 Å². The summed E-state index contributed by atoms with van der Waals surface area (Å²) in [5, 5.41) is 0. The fourth-order valence-corrected chi connectivity index (χ4v) is 3.75. The van der Waals surface area contributed by atoms with Crippen LogP contribution in [0.2, 0.25) is 0 Å². The predicted molar refractivity (Wildman–Crippen MR) is 72.4 cm³/mol. The van der Waals surface area contributed by atoms with Crippen LogP contribution in [0.1, 0.15) is 36.0 Å². The van der Waals surface area contributed by atoms with Gasteiger partial charge in [0.2, 0.25) is 0 Å². The zero-order chi connectivity index (χ0) is 11.1. The fourth-order valence-electron chi connectivity index (χ4n) is 3.39. The van der Waals surface area contributed by atoms with Crippen LogP contribution >= 0.6 is 22.6 Å². The van der Waals surface area contributed by atoms with E-state index in [0.29, 0.717) is 17.6 Å². The average molecular weight is 326 g/mol. The molecule has 3 unspecified atom stereocenters. The molecule has 0 spiro atoms. The van der Waals surface area contributed by atoms with E-state index < -0.39 is 0 Å². The predicted octanol–water partition coefficient (Wildman–Crippen LogP) is 3.91. The quantitative estimate of drug-likeness (QED) is 0.595. The van der Waals surface area contributed by atoms with Crippen molar-refractivity contribution in [3.05, 3.63) is 33.4 Å². The molecule has 3 rings (SSSR count). The van der Waals surface area contributed by atoms with Crippen molar-refractivity contribution in [3.8, 4) is 0 Å². The van der Waals surface area contributed by atoms with Crippen LogP contribution in [-0.2, 0) is 0 Å². The summed E-state index contributed by atoms with van der Waals surface area (Å²) in [6.45, 7) is 0. The average Bonchev–Trinajstić information content (AvgIpc) is 2.91. The Kier molecular flexibility index (Phi) is 2.78. The summed E-state index contributed by atoms with van der Waals surface area (Å²) >= 11 is 2.28. The maximum Gasteiger partial charge on any atom is 0.166 e. The minimum Gasteiger partial charge on any atom is -0.294 e. The van der Waals surface area contributed by atoms with Gasteiger partial charge in [-0.25, -0.2) is 0 Å². The Morgan fingerprint density at radius 3 is 2.44 bits per heavy atom. The Morgan fingerprint density at radius 2 is 1.88 bits per heavy atom. The van der Waals surface area contributed by atoms with E-state index in [4.69, 9.17) is 0 Å². The lowest BCUT2D eigenvalue weighted by molar-refractivity contribution is 0.0874. The Bertz CT molecular complexity index is 409. The number of rotatable bonds is 2. The smallest absolute Gasteiger partial charge is 0.166 e. The molecule has 2 saturated carbocycles. The van der Waals surface area contributed by atoms with Crippen molar-refractivity contribution in [2.45, 2.75) is 25.7 Å². The minimum atomic E-state index is 0.332. The first-order valence-corrected chi connectivity index (χ1v) is 7.11. The van der Waals surface area contributed by atoms with Crippen molar-refractivity contribution < 1.29 is 4.79 Å². The van der Waals surface area contributed by atoms with Gasteiger partial charge in [0.25, 0.3) is 0 Å². The molecule has 84 valence electrons. The molecule has 0 amide bonds. The summed E-state index contributed by atoms with van der Waals surface area (Å²) in [6.07, 6.45) is 5.10. The molecular weight excluding hydrogens is 311 g/mol. The van der Waals surface area contributed by atoms with Crippen molar-refractivity contribution in [2.75, 3.05) is 0 Å². The van der Waals surface area contributed by atoms with E-state index in [2.05, 4.69) is 22.6 Å². The summed E-state index contributed by atoms with van der Waals surface area (Å²) < 4.78 is 1.20. The minimum absolute atomic E-state index is 0.332. The van der Waals surface area contributed by atoms with Crippen molar-refractivity contribution in [1.82, 2.24) is 0 Å². The summed E-state index contributed by atoms with van der Waals surface area (Å²) in [5.41, 5.74) is 0.915. The molecule has 2 aliphatic carbocycles. The van der Waals surface area contributed by atoms with Crippen molar-refractivity contribution in [2.24, 2.45) is 17.8 Å². The molecule has 0 aromatic heterocycles. The van der Waals surface area contributed by atoms with E-state index in [0.717, 1.165) is 17.9 Å². The SMILES string of the molecule is O=C(c1ccc(I)cc1)C1CC2CCC1C2. The molecule has 0 aliphatic heterocycles. The zero-order valence-electron chi connectivity index (χ0n) is 9.16. The molecule has 1 aromatic rings. The van der Waals surface area contributed by atoms with Crippen LogP contribution in [0.3, 0.4) is 0 Å². The number of halogens is 1. The van der Waals surface area contributed by atoms with Crippen molar-refractivity contribution >= 4 is 28.4 Å². The lowest BCUT2D eigenvalue weighted by Crippen LogP contribution is -2.20. The number of carbonyl (C=O) groups excluding carboxylic acids is 1. The Labute approximate surface area is 110 Å². The second-order valence-corrected chi connectivity index (χ2v) is 6.40. The van der Waals surface area contributed by atoms with Gasteiger partial charge in [-0.15, -0.1) is 0 Å². The van der Waals surface area contributed by atoms with Crippen LogP contribution in [0.4, 0.5) is 0 Å². The summed E-state index contributed by atoms with van der Waals surface area (Å²) in [6, 6.07) is 8.02. The van der Waals surface area contributed by atoms with Crippen LogP contribution < -0.4 is 0 Å². The first-order chi connectivity index (χ1) is 7.74.